The van der Waals surface area contributed by atoms with Gasteiger partial charge < -0.3 is 10.2 Å². The summed E-state index contributed by atoms with van der Waals surface area (Å²) in [6, 6.07) is 8.88. The molecule has 25 heavy (non-hydrogen) atoms. The third-order valence-electron chi connectivity index (χ3n) is 3.39. The number of anilines is 1. The number of carbonyl (C=O) groups is 2. The largest absolute Gasteiger partial charge is 0.330 e. The number of rotatable bonds is 5. The van der Waals surface area contributed by atoms with E-state index in [0.717, 1.165) is 0 Å². The molecule has 0 unspecified atom stereocenters. The molecule has 0 aliphatic heterocycles. The summed E-state index contributed by atoms with van der Waals surface area (Å²) in [5.41, 5.74) is 0.160. The zero-order valence-corrected chi connectivity index (χ0v) is 16.3. The van der Waals surface area contributed by atoms with Gasteiger partial charge in [0.2, 0.25) is 5.91 Å². The lowest BCUT2D eigenvalue weighted by atomic mass is 10.2. The van der Waals surface area contributed by atoms with Gasteiger partial charge in [0.05, 0.1) is 21.3 Å². The Morgan fingerprint density at radius 2 is 1.84 bits per heavy atom. The van der Waals surface area contributed by atoms with Crippen molar-refractivity contribution in [2.24, 2.45) is 0 Å². The summed E-state index contributed by atoms with van der Waals surface area (Å²) in [6.07, 6.45) is 0. The molecule has 2 amide bonds. The van der Waals surface area contributed by atoms with E-state index in [9.17, 15) is 14.0 Å². The molecule has 0 radical (unpaired) electrons. The first-order valence-electron chi connectivity index (χ1n) is 7.31. The SMILES string of the molecule is CCN(CC(=O)Nc1c(Cl)cccc1Cl)C(=O)c1cc(Br)ccc1F. The molecule has 0 atom stereocenters. The summed E-state index contributed by atoms with van der Waals surface area (Å²) in [4.78, 5) is 26.0. The molecule has 0 aromatic heterocycles. The molecule has 0 fully saturated rings. The van der Waals surface area contributed by atoms with Crippen LogP contribution in [-0.2, 0) is 4.79 Å². The number of amides is 2. The molecule has 0 saturated carbocycles. The minimum Gasteiger partial charge on any atom is -0.330 e. The number of likely N-dealkylation sites (N-methyl/N-ethyl adjacent to an activating group) is 1. The Balaban J connectivity index is 2.14. The van der Waals surface area contributed by atoms with Gasteiger partial charge in [-0.25, -0.2) is 4.39 Å². The van der Waals surface area contributed by atoms with Gasteiger partial charge in [0.1, 0.15) is 12.4 Å². The normalized spacial score (nSPS) is 10.4. The second-order valence-electron chi connectivity index (χ2n) is 5.09. The van der Waals surface area contributed by atoms with E-state index in [1.807, 2.05) is 0 Å². The van der Waals surface area contributed by atoms with Crippen molar-refractivity contribution in [2.45, 2.75) is 6.92 Å². The van der Waals surface area contributed by atoms with E-state index < -0.39 is 17.6 Å². The fourth-order valence-corrected chi connectivity index (χ4v) is 2.98. The fourth-order valence-electron chi connectivity index (χ4n) is 2.13. The summed E-state index contributed by atoms with van der Waals surface area (Å²) < 4.78 is 14.5. The van der Waals surface area contributed by atoms with Crippen LogP contribution in [0.4, 0.5) is 10.1 Å². The topological polar surface area (TPSA) is 49.4 Å². The van der Waals surface area contributed by atoms with Crippen LogP contribution < -0.4 is 5.32 Å². The fraction of sp³-hybridized carbons (Fsp3) is 0.176. The van der Waals surface area contributed by atoms with Crippen LogP contribution in [0.15, 0.2) is 40.9 Å². The van der Waals surface area contributed by atoms with Crippen molar-refractivity contribution >= 4 is 56.6 Å². The number of carbonyl (C=O) groups excluding carboxylic acids is 2. The smallest absolute Gasteiger partial charge is 0.257 e. The molecule has 2 aromatic carbocycles. The molecular weight excluding hydrogens is 434 g/mol. The predicted molar refractivity (Wildman–Crippen MR) is 101 cm³/mol. The second-order valence-corrected chi connectivity index (χ2v) is 6.82. The van der Waals surface area contributed by atoms with E-state index in [-0.39, 0.29) is 34.4 Å². The molecule has 1 N–H and O–H groups in total. The van der Waals surface area contributed by atoms with E-state index in [1.165, 1.54) is 23.1 Å². The van der Waals surface area contributed by atoms with Gasteiger partial charge in [-0.3, -0.25) is 9.59 Å². The highest BCUT2D eigenvalue weighted by molar-refractivity contribution is 9.10. The van der Waals surface area contributed by atoms with Crippen molar-refractivity contribution in [3.63, 3.8) is 0 Å². The first kappa shape index (κ1) is 19.7. The highest BCUT2D eigenvalue weighted by Gasteiger charge is 2.21. The van der Waals surface area contributed by atoms with Gasteiger partial charge in [0.15, 0.2) is 0 Å². The Morgan fingerprint density at radius 1 is 1.20 bits per heavy atom. The maximum atomic E-state index is 13.9. The van der Waals surface area contributed by atoms with Crippen LogP contribution in [-0.4, -0.2) is 29.8 Å². The lowest BCUT2D eigenvalue weighted by molar-refractivity contribution is -0.116. The Morgan fingerprint density at radius 3 is 2.44 bits per heavy atom. The van der Waals surface area contributed by atoms with E-state index in [0.29, 0.717) is 4.47 Å². The number of hydrogen-bond donors (Lipinski definition) is 1. The average Bonchev–Trinajstić information content (AvgIpc) is 2.57. The van der Waals surface area contributed by atoms with Gasteiger partial charge in [0, 0.05) is 11.0 Å². The summed E-state index contributed by atoms with van der Waals surface area (Å²) in [5.74, 6) is -1.72. The van der Waals surface area contributed by atoms with Crippen LogP contribution in [0.3, 0.4) is 0 Å². The summed E-state index contributed by atoms with van der Waals surface area (Å²) >= 11 is 15.2. The quantitative estimate of drug-likeness (QED) is 0.701. The maximum absolute atomic E-state index is 13.9. The van der Waals surface area contributed by atoms with Crippen molar-refractivity contribution in [1.29, 1.82) is 0 Å². The molecule has 0 aliphatic carbocycles. The average molecular weight is 448 g/mol. The lowest BCUT2D eigenvalue weighted by Gasteiger charge is -2.21. The lowest BCUT2D eigenvalue weighted by Crippen LogP contribution is -2.38. The molecule has 0 bridgehead atoms. The molecule has 0 saturated heterocycles. The molecule has 132 valence electrons. The van der Waals surface area contributed by atoms with Crippen molar-refractivity contribution < 1.29 is 14.0 Å². The van der Waals surface area contributed by atoms with Crippen LogP contribution in [0.25, 0.3) is 0 Å². The third kappa shape index (κ3) is 4.93. The summed E-state index contributed by atoms with van der Waals surface area (Å²) in [6.45, 7) is 1.67. The monoisotopic (exact) mass is 446 g/mol. The summed E-state index contributed by atoms with van der Waals surface area (Å²) in [7, 11) is 0. The number of nitrogens with one attached hydrogen (secondary N) is 1. The molecule has 8 heteroatoms. The number of para-hydroxylation sites is 1. The molecule has 0 spiro atoms. The van der Waals surface area contributed by atoms with Gasteiger partial charge in [-0.05, 0) is 37.3 Å². The van der Waals surface area contributed by atoms with E-state index in [1.54, 1.807) is 25.1 Å². The van der Waals surface area contributed by atoms with Crippen molar-refractivity contribution in [3.8, 4) is 0 Å². The van der Waals surface area contributed by atoms with Crippen LogP contribution in [0, 0.1) is 5.82 Å². The number of benzene rings is 2. The number of hydrogen-bond acceptors (Lipinski definition) is 2. The number of halogens is 4. The van der Waals surface area contributed by atoms with Crippen LogP contribution >= 0.6 is 39.1 Å². The zero-order valence-electron chi connectivity index (χ0n) is 13.2. The molecule has 4 nitrogen and oxygen atoms in total. The van der Waals surface area contributed by atoms with E-state index in [2.05, 4.69) is 21.2 Å². The zero-order chi connectivity index (χ0) is 18.6. The minimum atomic E-state index is -0.652. The first-order chi connectivity index (χ1) is 11.8. The summed E-state index contributed by atoms with van der Waals surface area (Å²) in [5, 5.41) is 3.15. The Hall–Kier alpha value is -1.63. The van der Waals surface area contributed by atoms with Crippen LogP contribution in [0.2, 0.25) is 10.0 Å². The third-order valence-corrected chi connectivity index (χ3v) is 4.51. The van der Waals surface area contributed by atoms with E-state index in [4.69, 9.17) is 23.2 Å². The Kier molecular flexibility index (Phi) is 6.81. The van der Waals surface area contributed by atoms with Gasteiger partial charge in [-0.15, -0.1) is 0 Å². The van der Waals surface area contributed by atoms with Gasteiger partial charge >= 0.3 is 0 Å². The molecule has 0 heterocycles. The first-order valence-corrected chi connectivity index (χ1v) is 8.86. The van der Waals surface area contributed by atoms with Gasteiger partial charge in [-0.2, -0.15) is 0 Å². The predicted octanol–water partition coefficient (Wildman–Crippen LogP) is 5.00. The van der Waals surface area contributed by atoms with Gasteiger partial charge in [0.25, 0.3) is 5.91 Å². The Labute approximate surface area is 163 Å². The molecule has 2 aromatic rings. The van der Waals surface area contributed by atoms with Crippen LogP contribution in [0.1, 0.15) is 17.3 Å². The highest BCUT2D eigenvalue weighted by Crippen LogP contribution is 2.29. The highest BCUT2D eigenvalue weighted by atomic mass is 79.9. The van der Waals surface area contributed by atoms with Crippen molar-refractivity contribution in [2.75, 3.05) is 18.4 Å². The Bertz CT molecular complexity index is 797. The molecule has 2 rings (SSSR count). The standard InChI is InChI=1S/C17H14BrCl2FN2O2/c1-2-23(17(25)11-8-10(18)6-7-14(11)21)9-15(24)22-16-12(19)4-3-5-13(16)20/h3-8H,2,9H2,1H3,(H,22,24). The van der Waals surface area contributed by atoms with Crippen molar-refractivity contribution in [3.05, 3.63) is 62.3 Å². The minimum absolute atomic E-state index is 0.111. The molecule has 0 aliphatic rings. The van der Waals surface area contributed by atoms with E-state index >= 15 is 0 Å². The van der Waals surface area contributed by atoms with Crippen LogP contribution in [0.5, 0.6) is 0 Å². The number of nitrogens with zero attached hydrogens (tertiary/aromatic N) is 1. The van der Waals surface area contributed by atoms with Gasteiger partial charge in [-0.1, -0.05) is 45.2 Å². The second kappa shape index (κ2) is 8.65. The molecular formula is C17H14BrCl2FN2O2. The van der Waals surface area contributed by atoms with Crippen molar-refractivity contribution in [1.82, 2.24) is 4.90 Å². The maximum Gasteiger partial charge on any atom is 0.257 e.